The van der Waals surface area contributed by atoms with E-state index in [1.165, 1.54) is 0 Å². The lowest BCUT2D eigenvalue weighted by molar-refractivity contribution is -0.146. The summed E-state index contributed by atoms with van der Waals surface area (Å²) < 4.78 is 0. The van der Waals surface area contributed by atoms with Gasteiger partial charge in [0.1, 0.15) is 0 Å². The average Bonchev–Trinajstić information content (AvgIpc) is 2.88. The molecule has 106 valence electrons. The topological polar surface area (TPSA) is 89.9 Å². The number of hydrogen-bond acceptors (Lipinski definition) is 4. The number of rotatable bonds is 7. The molecular weight excluding hydrogens is 268 g/mol. The average molecular weight is 286 g/mol. The van der Waals surface area contributed by atoms with Gasteiger partial charge in [0.25, 0.3) is 0 Å². The predicted octanol–water partition coefficient (Wildman–Crippen LogP) is 1.12. The van der Waals surface area contributed by atoms with Crippen molar-refractivity contribution in [2.75, 3.05) is 13.1 Å². The van der Waals surface area contributed by atoms with Crippen LogP contribution in [0.3, 0.4) is 0 Å². The second-order valence-electron chi connectivity index (χ2n) is 3.97. The number of carbonyl (C=O) groups is 2. The van der Waals surface area contributed by atoms with Gasteiger partial charge in [0.2, 0.25) is 0 Å². The Hall–Kier alpha value is -1.60. The largest absolute Gasteiger partial charge is 0.479 e. The van der Waals surface area contributed by atoms with Gasteiger partial charge in [0.15, 0.2) is 6.10 Å². The first kappa shape index (κ1) is 15.5. The Kier molecular flexibility index (Phi) is 6.31. The van der Waals surface area contributed by atoms with Gasteiger partial charge in [-0.25, -0.2) is 9.59 Å². The van der Waals surface area contributed by atoms with Crippen LogP contribution in [-0.4, -0.2) is 46.3 Å². The fraction of sp³-hybridized carbons (Fsp3) is 0.500. The number of thiophene rings is 1. The highest BCUT2D eigenvalue weighted by Gasteiger charge is 2.15. The summed E-state index contributed by atoms with van der Waals surface area (Å²) in [6.45, 7) is 3.10. The first-order chi connectivity index (χ1) is 9.04. The highest BCUT2D eigenvalue weighted by atomic mass is 32.1. The van der Waals surface area contributed by atoms with E-state index in [4.69, 9.17) is 10.2 Å². The van der Waals surface area contributed by atoms with Gasteiger partial charge in [0.05, 0.1) is 6.54 Å². The van der Waals surface area contributed by atoms with Gasteiger partial charge in [0, 0.05) is 24.4 Å². The van der Waals surface area contributed by atoms with Gasteiger partial charge in [-0.3, -0.25) is 0 Å². The van der Waals surface area contributed by atoms with Crippen molar-refractivity contribution in [2.24, 2.45) is 0 Å². The molecule has 2 amide bonds. The number of aliphatic carboxylic acids is 1. The molecule has 1 rings (SSSR count). The van der Waals surface area contributed by atoms with Crippen molar-refractivity contribution in [1.82, 2.24) is 10.2 Å². The maximum absolute atomic E-state index is 11.8. The Labute approximate surface area is 115 Å². The highest BCUT2D eigenvalue weighted by molar-refractivity contribution is 7.09. The van der Waals surface area contributed by atoms with E-state index in [-0.39, 0.29) is 19.0 Å². The summed E-state index contributed by atoms with van der Waals surface area (Å²) in [6, 6.07) is 3.62. The Morgan fingerprint density at radius 1 is 1.53 bits per heavy atom. The van der Waals surface area contributed by atoms with Crippen LogP contribution in [0.15, 0.2) is 17.5 Å². The van der Waals surface area contributed by atoms with E-state index in [0.717, 1.165) is 4.88 Å². The number of hydrogen-bond donors (Lipinski definition) is 3. The van der Waals surface area contributed by atoms with E-state index in [2.05, 4.69) is 5.32 Å². The molecule has 0 aliphatic rings. The maximum Gasteiger partial charge on any atom is 0.332 e. The monoisotopic (exact) mass is 286 g/mol. The van der Waals surface area contributed by atoms with Crippen molar-refractivity contribution in [3.8, 4) is 0 Å². The minimum atomic E-state index is -1.44. The molecule has 0 unspecified atom stereocenters. The van der Waals surface area contributed by atoms with Crippen molar-refractivity contribution in [3.05, 3.63) is 22.4 Å². The van der Waals surface area contributed by atoms with Crippen LogP contribution in [0.2, 0.25) is 0 Å². The van der Waals surface area contributed by atoms with Crippen molar-refractivity contribution in [1.29, 1.82) is 0 Å². The summed E-state index contributed by atoms with van der Waals surface area (Å²) in [6.07, 6.45) is -1.44. The molecule has 0 aliphatic heterocycles. The van der Waals surface area contributed by atoms with Crippen LogP contribution < -0.4 is 5.32 Å². The van der Waals surface area contributed by atoms with Crippen LogP contribution >= 0.6 is 11.3 Å². The summed E-state index contributed by atoms with van der Waals surface area (Å²) >= 11 is 1.58. The van der Waals surface area contributed by atoms with Gasteiger partial charge in [-0.2, -0.15) is 0 Å². The molecule has 0 saturated carbocycles. The summed E-state index contributed by atoms with van der Waals surface area (Å²) in [4.78, 5) is 25.0. The van der Waals surface area contributed by atoms with E-state index >= 15 is 0 Å². The standard InChI is InChI=1S/C12H18N2O4S/c1-2-14(8-9-4-3-7-19-9)12(18)13-6-5-10(15)11(16)17/h3-4,7,10,15H,2,5-6,8H2,1H3,(H,13,18)(H,16,17)/t10-/m0/s1. The van der Waals surface area contributed by atoms with E-state index in [1.54, 1.807) is 16.2 Å². The number of carboxylic acid groups (broad SMARTS) is 1. The number of carbonyl (C=O) groups excluding carboxylic acids is 1. The molecular formula is C12H18N2O4S. The molecule has 0 fully saturated rings. The molecule has 1 heterocycles. The lowest BCUT2D eigenvalue weighted by Gasteiger charge is -2.20. The van der Waals surface area contributed by atoms with Crippen LogP contribution in [0.25, 0.3) is 0 Å². The van der Waals surface area contributed by atoms with E-state index < -0.39 is 12.1 Å². The summed E-state index contributed by atoms with van der Waals surface area (Å²) in [5.41, 5.74) is 0. The molecule has 1 aromatic rings. The third-order valence-electron chi connectivity index (χ3n) is 2.57. The number of carboxylic acids is 1. The number of amides is 2. The zero-order valence-corrected chi connectivity index (χ0v) is 11.5. The van der Waals surface area contributed by atoms with Gasteiger partial charge < -0.3 is 20.4 Å². The van der Waals surface area contributed by atoms with Crippen LogP contribution in [0.4, 0.5) is 4.79 Å². The molecule has 3 N–H and O–H groups in total. The minimum Gasteiger partial charge on any atom is -0.479 e. The number of aliphatic hydroxyl groups excluding tert-OH is 1. The molecule has 7 heteroatoms. The summed E-state index contributed by atoms with van der Waals surface area (Å²) in [5.74, 6) is -1.28. The first-order valence-electron chi connectivity index (χ1n) is 6.00. The number of nitrogens with zero attached hydrogens (tertiary/aromatic N) is 1. The van der Waals surface area contributed by atoms with Crippen molar-refractivity contribution in [2.45, 2.75) is 26.0 Å². The fourth-order valence-corrected chi connectivity index (χ4v) is 2.19. The molecule has 1 aromatic heterocycles. The third-order valence-corrected chi connectivity index (χ3v) is 3.44. The van der Waals surface area contributed by atoms with Gasteiger partial charge in [-0.1, -0.05) is 6.07 Å². The number of nitrogens with one attached hydrogen (secondary N) is 1. The molecule has 6 nitrogen and oxygen atoms in total. The maximum atomic E-state index is 11.8. The zero-order chi connectivity index (χ0) is 14.3. The first-order valence-corrected chi connectivity index (χ1v) is 6.88. The van der Waals surface area contributed by atoms with Crippen LogP contribution in [0.1, 0.15) is 18.2 Å². The smallest absolute Gasteiger partial charge is 0.332 e. The second-order valence-corrected chi connectivity index (χ2v) is 5.00. The van der Waals surface area contributed by atoms with E-state index in [1.807, 2.05) is 24.4 Å². The van der Waals surface area contributed by atoms with Crippen LogP contribution in [0, 0.1) is 0 Å². The van der Waals surface area contributed by atoms with Crippen LogP contribution in [-0.2, 0) is 11.3 Å². The quantitative estimate of drug-likeness (QED) is 0.700. The zero-order valence-electron chi connectivity index (χ0n) is 10.7. The third kappa shape index (κ3) is 5.27. The van der Waals surface area contributed by atoms with Gasteiger partial charge in [-0.15, -0.1) is 11.3 Å². The molecule has 0 bridgehead atoms. The Morgan fingerprint density at radius 2 is 2.26 bits per heavy atom. The Bertz CT molecular complexity index is 408. The lowest BCUT2D eigenvalue weighted by atomic mass is 10.2. The number of aliphatic hydroxyl groups is 1. The SMILES string of the molecule is CCN(Cc1cccs1)C(=O)NCC[C@H](O)C(=O)O. The number of urea groups is 1. The van der Waals surface area contributed by atoms with Gasteiger partial charge in [-0.05, 0) is 18.4 Å². The highest BCUT2D eigenvalue weighted by Crippen LogP contribution is 2.11. The van der Waals surface area contributed by atoms with Crippen LogP contribution in [0.5, 0.6) is 0 Å². The van der Waals surface area contributed by atoms with Crippen molar-refractivity contribution in [3.63, 3.8) is 0 Å². The molecule has 0 spiro atoms. The Morgan fingerprint density at radius 3 is 2.79 bits per heavy atom. The molecule has 0 saturated heterocycles. The normalized spacial score (nSPS) is 11.9. The second kappa shape index (κ2) is 7.75. The molecule has 19 heavy (non-hydrogen) atoms. The molecule has 0 aliphatic carbocycles. The summed E-state index contributed by atoms with van der Waals surface area (Å²) in [5, 5.41) is 22.1. The minimum absolute atomic E-state index is 0.00235. The van der Waals surface area contributed by atoms with Crippen molar-refractivity contribution >= 4 is 23.3 Å². The predicted molar refractivity (Wildman–Crippen MR) is 72.1 cm³/mol. The Balaban J connectivity index is 2.35. The van der Waals surface area contributed by atoms with Gasteiger partial charge >= 0.3 is 12.0 Å². The summed E-state index contributed by atoms with van der Waals surface area (Å²) in [7, 11) is 0. The lowest BCUT2D eigenvalue weighted by Crippen LogP contribution is -2.40. The van der Waals surface area contributed by atoms with E-state index in [0.29, 0.717) is 13.1 Å². The van der Waals surface area contributed by atoms with Crippen molar-refractivity contribution < 1.29 is 19.8 Å². The molecule has 1 atom stereocenters. The molecule has 0 radical (unpaired) electrons. The van der Waals surface area contributed by atoms with E-state index in [9.17, 15) is 9.59 Å². The molecule has 0 aromatic carbocycles. The fourth-order valence-electron chi connectivity index (χ4n) is 1.47.